The number of aliphatic imine (C=N–C) groups is 1. The number of aryl methyl sites for hydroxylation is 3. The molecule has 0 fully saturated rings. The quantitative estimate of drug-likeness (QED) is 0.748. The van der Waals surface area contributed by atoms with Crippen LogP contribution < -0.4 is 0 Å². The summed E-state index contributed by atoms with van der Waals surface area (Å²) in [4.78, 5) is 7.37. The second kappa shape index (κ2) is 6.53. The first-order valence-corrected chi connectivity index (χ1v) is 8.48. The third kappa shape index (κ3) is 3.33. The lowest BCUT2D eigenvalue weighted by Gasteiger charge is -2.16. The van der Waals surface area contributed by atoms with Gasteiger partial charge in [0.25, 0.3) is 0 Å². The van der Waals surface area contributed by atoms with Crippen molar-refractivity contribution in [3.05, 3.63) is 75.7 Å². The normalized spacial score (nSPS) is 16.9. The zero-order valence-corrected chi connectivity index (χ0v) is 14.2. The summed E-state index contributed by atoms with van der Waals surface area (Å²) < 4.78 is 0. The van der Waals surface area contributed by atoms with Crippen LogP contribution in [0, 0.1) is 20.8 Å². The van der Waals surface area contributed by atoms with Crippen LogP contribution in [0.25, 0.3) is 0 Å². The average Bonchev–Trinajstić information content (AvgIpc) is 2.91. The van der Waals surface area contributed by atoms with E-state index < -0.39 is 0 Å². The molecule has 2 heteroatoms. The maximum absolute atomic E-state index is 4.65. The molecular weight excluding hydrogens is 286 g/mol. The molecule has 112 valence electrons. The molecule has 0 aliphatic carbocycles. The van der Waals surface area contributed by atoms with E-state index in [0.717, 1.165) is 6.42 Å². The van der Waals surface area contributed by atoms with Crippen molar-refractivity contribution in [1.82, 2.24) is 0 Å². The van der Waals surface area contributed by atoms with E-state index in [2.05, 4.69) is 74.3 Å². The van der Waals surface area contributed by atoms with Crippen molar-refractivity contribution in [1.29, 1.82) is 0 Å². The van der Waals surface area contributed by atoms with E-state index >= 15 is 0 Å². The van der Waals surface area contributed by atoms with E-state index in [1.54, 1.807) is 0 Å². The molecule has 0 bridgehead atoms. The van der Waals surface area contributed by atoms with Gasteiger partial charge in [-0.2, -0.15) is 0 Å². The van der Waals surface area contributed by atoms with Crippen LogP contribution in [0.3, 0.4) is 0 Å². The Kier molecular flexibility index (Phi) is 4.49. The maximum atomic E-state index is 4.65. The Balaban J connectivity index is 1.78. The Morgan fingerprint density at radius 2 is 1.68 bits per heavy atom. The summed E-state index contributed by atoms with van der Waals surface area (Å²) in [7, 11) is 0. The number of hydrogen-bond donors (Lipinski definition) is 0. The summed E-state index contributed by atoms with van der Waals surface area (Å²) in [5.74, 6) is 0. The van der Waals surface area contributed by atoms with Gasteiger partial charge in [0, 0.05) is 16.0 Å². The van der Waals surface area contributed by atoms with Crippen LogP contribution in [0.1, 0.15) is 22.3 Å². The molecule has 1 nitrogen and oxygen atoms in total. The molecule has 0 saturated heterocycles. The highest BCUT2D eigenvalue weighted by molar-refractivity contribution is 8.03. The molecule has 2 aromatic carbocycles. The van der Waals surface area contributed by atoms with Crippen molar-refractivity contribution < 1.29 is 0 Å². The number of thioether (sulfide) groups is 1. The first kappa shape index (κ1) is 15.1. The van der Waals surface area contributed by atoms with Gasteiger partial charge >= 0.3 is 0 Å². The summed E-state index contributed by atoms with van der Waals surface area (Å²) in [5.41, 5.74) is 5.38. The lowest BCUT2D eigenvalue weighted by molar-refractivity contribution is 0.817. The van der Waals surface area contributed by atoms with Gasteiger partial charge in [-0.3, -0.25) is 4.99 Å². The van der Waals surface area contributed by atoms with Gasteiger partial charge in [0.15, 0.2) is 0 Å². The molecule has 1 heterocycles. The van der Waals surface area contributed by atoms with Gasteiger partial charge in [0.05, 0.1) is 6.04 Å². The monoisotopic (exact) mass is 307 g/mol. The largest absolute Gasteiger partial charge is 0.284 e. The van der Waals surface area contributed by atoms with E-state index in [1.165, 1.54) is 32.1 Å². The minimum atomic E-state index is 0.257. The Bertz CT molecular complexity index is 706. The van der Waals surface area contributed by atoms with Gasteiger partial charge in [-0.1, -0.05) is 59.8 Å². The molecular formula is C20H21NS. The third-order valence-electron chi connectivity index (χ3n) is 3.93. The van der Waals surface area contributed by atoms with Crippen LogP contribution in [0.5, 0.6) is 0 Å². The van der Waals surface area contributed by atoms with Crippen molar-refractivity contribution in [3.8, 4) is 0 Å². The first-order chi connectivity index (χ1) is 10.6. The molecule has 22 heavy (non-hydrogen) atoms. The molecule has 1 unspecified atom stereocenters. The standard InChI is InChI=1S/C20H21NS/c1-14-11-15(2)20(16(3)12-14)22-19-9-10-21-18(19)13-17-7-5-4-6-8-17/h4-12,18H,13H2,1-3H3. The van der Waals surface area contributed by atoms with Gasteiger partial charge in [-0.15, -0.1) is 0 Å². The van der Waals surface area contributed by atoms with Gasteiger partial charge in [0.1, 0.15) is 0 Å². The molecule has 0 radical (unpaired) electrons. The lowest BCUT2D eigenvalue weighted by Crippen LogP contribution is -2.07. The molecule has 0 amide bonds. The topological polar surface area (TPSA) is 12.4 Å². The highest BCUT2D eigenvalue weighted by Crippen LogP contribution is 2.37. The number of rotatable bonds is 4. The minimum Gasteiger partial charge on any atom is -0.284 e. The van der Waals surface area contributed by atoms with Crippen LogP contribution in [0.15, 0.2) is 63.3 Å². The lowest BCUT2D eigenvalue weighted by atomic mass is 10.1. The van der Waals surface area contributed by atoms with Crippen LogP contribution in [-0.4, -0.2) is 12.3 Å². The van der Waals surface area contributed by atoms with Gasteiger partial charge in [0.2, 0.25) is 0 Å². The second-order valence-corrected chi connectivity index (χ2v) is 6.99. The molecule has 0 aromatic heterocycles. The summed E-state index contributed by atoms with van der Waals surface area (Å²) in [6.45, 7) is 6.56. The summed E-state index contributed by atoms with van der Waals surface area (Å²) >= 11 is 1.88. The average molecular weight is 307 g/mol. The predicted molar refractivity (Wildman–Crippen MR) is 97.0 cm³/mol. The van der Waals surface area contributed by atoms with E-state index in [0.29, 0.717) is 0 Å². The Morgan fingerprint density at radius 3 is 2.36 bits per heavy atom. The fourth-order valence-electron chi connectivity index (χ4n) is 2.94. The third-order valence-corrected chi connectivity index (χ3v) is 5.42. The molecule has 2 aromatic rings. The fraction of sp³-hybridized carbons (Fsp3) is 0.250. The van der Waals surface area contributed by atoms with Crippen LogP contribution >= 0.6 is 11.8 Å². The smallest absolute Gasteiger partial charge is 0.0851 e. The van der Waals surface area contributed by atoms with E-state index in [-0.39, 0.29) is 6.04 Å². The molecule has 1 atom stereocenters. The second-order valence-electron chi connectivity index (χ2n) is 5.90. The van der Waals surface area contributed by atoms with Crippen LogP contribution in [0.2, 0.25) is 0 Å². The molecule has 0 spiro atoms. The Hall–Kier alpha value is -1.80. The molecule has 3 rings (SSSR count). The van der Waals surface area contributed by atoms with Crippen molar-refractivity contribution in [2.45, 2.75) is 38.1 Å². The van der Waals surface area contributed by atoms with Gasteiger partial charge < -0.3 is 0 Å². The summed E-state index contributed by atoms with van der Waals surface area (Å²) in [6, 6.07) is 15.4. The highest BCUT2D eigenvalue weighted by atomic mass is 32.2. The molecule has 0 saturated carbocycles. The first-order valence-electron chi connectivity index (χ1n) is 7.66. The van der Waals surface area contributed by atoms with Gasteiger partial charge in [-0.05, 0) is 50.0 Å². The van der Waals surface area contributed by atoms with Crippen molar-refractivity contribution in [2.75, 3.05) is 0 Å². The van der Waals surface area contributed by atoms with Crippen molar-refractivity contribution >= 4 is 18.0 Å². The number of hydrogen-bond acceptors (Lipinski definition) is 2. The van der Waals surface area contributed by atoms with Gasteiger partial charge in [-0.25, -0.2) is 0 Å². The zero-order chi connectivity index (χ0) is 15.5. The molecule has 0 N–H and O–H groups in total. The minimum absolute atomic E-state index is 0.257. The zero-order valence-electron chi connectivity index (χ0n) is 13.3. The summed E-state index contributed by atoms with van der Waals surface area (Å²) in [5, 5.41) is 0. The maximum Gasteiger partial charge on any atom is 0.0851 e. The van der Waals surface area contributed by atoms with Crippen molar-refractivity contribution in [3.63, 3.8) is 0 Å². The van der Waals surface area contributed by atoms with E-state index in [4.69, 9.17) is 0 Å². The number of allylic oxidation sites excluding steroid dienone is 1. The predicted octanol–water partition coefficient (Wildman–Crippen LogP) is 5.28. The molecule has 1 aliphatic rings. The summed E-state index contributed by atoms with van der Waals surface area (Å²) in [6.07, 6.45) is 5.09. The SMILES string of the molecule is Cc1cc(C)c(SC2=CC=NC2Cc2ccccc2)c(C)c1. The Labute approximate surface area is 137 Å². The van der Waals surface area contributed by atoms with Crippen LogP contribution in [0.4, 0.5) is 0 Å². The van der Waals surface area contributed by atoms with Crippen LogP contribution in [-0.2, 0) is 6.42 Å². The number of benzene rings is 2. The van der Waals surface area contributed by atoms with E-state index in [1.807, 2.05) is 18.0 Å². The molecule has 1 aliphatic heterocycles. The van der Waals surface area contributed by atoms with E-state index in [9.17, 15) is 0 Å². The Morgan fingerprint density at radius 1 is 1.00 bits per heavy atom. The highest BCUT2D eigenvalue weighted by Gasteiger charge is 2.19. The number of nitrogens with zero attached hydrogens (tertiary/aromatic N) is 1. The van der Waals surface area contributed by atoms with Crippen molar-refractivity contribution in [2.24, 2.45) is 4.99 Å². The fourth-order valence-corrected chi connectivity index (χ4v) is 4.03.